The monoisotopic (exact) mass is 183 g/mol. The van der Waals surface area contributed by atoms with E-state index in [9.17, 15) is 18.0 Å². The van der Waals surface area contributed by atoms with E-state index in [0.717, 1.165) is 14.2 Å². The van der Waals surface area contributed by atoms with Gasteiger partial charge in [-0.05, 0) is 0 Å². The van der Waals surface area contributed by atoms with Crippen LogP contribution >= 0.6 is 0 Å². The third kappa shape index (κ3) is 2.54. The zero-order valence-electron chi connectivity index (χ0n) is 6.60. The number of rotatable bonds is 2. The lowest BCUT2D eigenvalue weighted by Gasteiger charge is -2.16. The molecule has 0 fully saturated rings. The molecule has 0 aliphatic rings. The fourth-order valence-corrected chi connectivity index (χ4v) is 0.394. The first-order valence-corrected chi connectivity index (χ1v) is 2.89. The first-order valence-electron chi connectivity index (χ1n) is 2.89. The van der Waals surface area contributed by atoms with Crippen molar-refractivity contribution in [2.75, 3.05) is 14.2 Å². The van der Waals surface area contributed by atoms with Crippen LogP contribution in [0.2, 0.25) is 0 Å². The topological polar surface area (TPSA) is 29.5 Å². The molecule has 3 nitrogen and oxygen atoms in total. The Balaban J connectivity index is 4.42. The lowest BCUT2D eigenvalue weighted by molar-refractivity contribution is -0.172. The summed E-state index contributed by atoms with van der Waals surface area (Å²) >= 11 is 0. The molecule has 6 heteroatoms. The number of alkyl halides is 3. The van der Waals surface area contributed by atoms with Gasteiger partial charge in [-0.3, -0.25) is 9.63 Å². The molecule has 0 unspecified atom stereocenters. The second-order valence-corrected chi connectivity index (χ2v) is 1.96. The van der Waals surface area contributed by atoms with Gasteiger partial charge in [0.2, 0.25) is 0 Å². The molecular formula is C6H8F3NO2. The molecule has 0 aromatic heterocycles. The molecule has 0 aliphatic carbocycles. The SMILES string of the molecule is C=C(C(=O)N(C)OC)C(F)(F)F. The van der Waals surface area contributed by atoms with Gasteiger partial charge in [-0.2, -0.15) is 13.2 Å². The van der Waals surface area contributed by atoms with Gasteiger partial charge in [0, 0.05) is 7.05 Å². The minimum absolute atomic E-state index is 0.454. The molecule has 0 atom stereocenters. The molecule has 0 aromatic rings. The van der Waals surface area contributed by atoms with Gasteiger partial charge >= 0.3 is 6.18 Å². The lowest BCUT2D eigenvalue weighted by atomic mass is 10.3. The zero-order chi connectivity index (χ0) is 9.94. The molecule has 0 heterocycles. The number of amides is 1. The van der Waals surface area contributed by atoms with E-state index in [2.05, 4.69) is 11.4 Å². The molecule has 0 saturated carbocycles. The normalized spacial score (nSPS) is 11.1. The molecule has 0 aliphatic heterocycles. The van der Waals surface area contributed by atoms with Crippen LogP contribution in [0.5, 0.6) is 0 Å². The van der Waals surface area contributed by atoms with Crippen LogP contribution in [0.15, 0.2) is 12.2 Å². The van der Waals surface area contributed by atoms with E-state index >= 15 is 0 Å². The first kappa shape index (κ1) is 11.0. The summed E-state index contributed by atoms with van der Waals surface area (Å²) in [5.74, 6) is -1.30. The predicted molar refractivity (Wildman–Crippen MR) is 35.0 cm³/mol. The van der Waals surface area contributed by atoms with Crippen molar-refractivity contribution in [3.63, 3.8) is 0 Å². The van der Waals surface area contributed by atoms with Crippen LogP contribution in [0.1, 0.15) is 0 Å². The summed E-state index contributed by atoms with van der Waals surface area (Å²) in [4.78, 5) is 15.0. The predicted octanol–water partition coefficient (Wildman–Crippen LogP) is 1.12. The summed E-state index contributed by atoms with van der Waals surface area (Å²) in [7, 11) is 2.15. The standard InChI is InChI=1S/C6H8F3NO2/c1-4(6(7,8)9)5(11)10(2)12-3/h1H2,2-3H3. The second kappa shape index (κ2) is 3.57. The molecule has 12 heavy (non-hydrogen) atoms. The molecule has 0 radical (unpaired) electrons. The van der Waals surface area contributed by atoms with Crippen molar-refractivity contribution in [2.24, 2.45) is 0 Å². The van der Waals surface area contributed by atoms with E-state index in [1.165, 1.54) is 0 Å². The molecule has 0 bridgehead atoms. The van der Waals surface area contributed by atoms with Crippen molar-refractivity contribution < 1.29 is 22.8 Å². The summed E-state index contributed by atoms with van der Waals surface area (Å²) in [6, 6.07) is 0. The molecule has 0 spiro atoms. The van der Waals surface area contributed by atoms with Gasteiger partial charge in [0.05, 0.1) is 7.11 Å². The maximum atomic E-state index is 11.8. The van der Waals surface area contributed by atoms with Gasteiger partial charge in [0.15, 0.2) is 0 Å². The molecule has 1 amide bonds. The molecular weight excluding hydrogens is 175 g/mol. The third-order valence-corrected chi connectivity index (χ3v) is 1.16. The largest absolute Gasteiger partial charge is 0.421 e. The third-order valence-electron chi connectivity index (χ3n) is 1.16. The number of nitrogens with zero attached hydrogens (tertiary/aromatic N) is 1. The lowest BCUT2D eigenvalue weighted by Crippen LogP contribution is -2.32. The number of hydroxylamine groups is 2. The highest BCUT2D eigenvalue weighted by atomic mass is 19.4. The average molecular weight is 183 g/mol. The fraction of sp³-hybridized carbons (Fsp3) is 0.500. The van der Waals surface area contributed by atoms with Crippen LogP contribution in [-0.2, 0) is 9.63 Å². The Morgan fingerprint density at radius 1 is 1.50 bits per heavy atom. The minimum Gasteiger partial charge on any atom is -0.274 e. The second-order valence-electron chi connectivity index (χ2n) is 1.96. The van der Waals surface area contributed by atoms with Crippen molar-refractivity contribution in [1.82, 2.24) is 5.06 Å². The van der Waals surface area contributed by atoms with Gasteiger partial charge < -0.3 is 0 Å². The zero-order valence-corrected chi connectivity index (χ0v) is 6.60. The highest BCUT2D eigenvalue weighted by Crippen LogP contribution is 2.25. The number of halogens is 3. The van der Waals surface area contributed by atoms with Crippen LogP contribution in [-0.4, -0.2) is 31.3 Å². The Bertz CT molecular complexity index is 199. The van der Waals surface area contributed by atoms with E-state index in [-0.39, 0.29) is 0 Å². The molecule has 0 rings (SSSR count). The van der Waals surface area contributed by atoms with E-state index in [0.29, 0.717) is 5.06 Å². The summed E-state index contributed by atoms with van der Waals surface area (Å²) in [6.45, 7) is 2.60. The van der Waals surface area contributed by atoms with Gasteiger partial charge in [0.1, 0.15) is 5.57 Å². The number of carbonyl (C=O) groups excluding carboxylic acids is 1. The summed E-state index contributed by atoms with van der Waals surface area (Å²) in [5.41, 5.74) is -1.45. The van der Waals surface area contributed by atoms with Gasteiger partial charge in [-0.25, -0.2) is 5.06 Å². The average Bonchev–Trinajstić information content (AvgIpc) is 1.98. The van der Waals surface area contributed by atoms with E-state index in [1.54, 1.807) is 0 Å². The van der Waals surface area contributed by atoms with Crippen LogP contribution in [0.25, 0.3) is 0 Å². The van der Waals surface area contributed by atoms with Gasteiger partial charge in [-0.1, -0.05) is 6.58 Å². The Labute approximate surface area is 67.4 Å². The molecule has 0 aromatic carbocycles. The molecule has 70 valence electrons. The molecule has 0 saturated heterocycles. The Kier molecular flexibility index (Phi) is 3.26. The van der Waals surface area contributed by atoms with Gasteiger partial charge in [-0.15, -0.1) is 0 Å². The van der Waals surface area contributed by atoms with E-state index < -0.39 is 17.7 Å². The number of likely N-dealkylation sites (N-methyl/N-ethyl adjacent to an activating group) is 1. The quantitative estimate of drug-likeness (QED) is 0.474. The Morgan fingerprint density at radius 3 is 2.17 bits per heavy atom. The number of carbonyl (C=O) groups is 1. The van der Waals surface area contributed by atoms with Crippen LogP contribution < -0.4 is 0 Å². The highest BCUT2D eigenvalue weighted by Gasteiger charge is 2.38. The molecule has 0 N–H and O–H groups in total. The summed E-state index contributed by atoms with van der Waals surface area (Å²) in [5, 5.41) is 0.454. The smallest absolute Gasteiger partial charge is 0.274 e. The maximum Gasteiger partial charge on any atom is 0.421 e. The van der Waals surface area contributed by atoms with Crippen LogP contribution in [0, 0.1) is 0 Å². The van der Waals surface area contributed by atoms with Crippen molar-refractivity contribution in [3.05, 3.63) is 12.2 Å². The minimum atomic E-state index is -4.70. The first-order chi connectivity index (χ1) is 5.30. The highest BCUT2D eigenvalue weighted by molar-refractivity contribution is 5.93. The van der Waals surface area contributed by atoms with Crippen LogP contribution in [0.3, 0.4) is 0 Å². The van der Waals surface area contributed by atoms with Crippen LogP contribution in [0.4, 0.5) is 13.2 Å². The fourth-order valence-electron chi connectivity index (χ4n) is 0.394. The van der Waals surface area contributed by atoms with Crippen molar-refractivity contribution in [2.45, 2.75) is 6.18 Å². The van der Waals surface area contributed by atoms with E-state index in [1.807, 2.05) is 0 Å². The van der Waals surface area contributed by atoms with Crippen molar-refractivity contribution in [1.29, 1.82) is 0 Å². The Morgan fingerprint density at radius 2 is 1.92 bits per heavy atom. The Hall–Kier alpha value is -1.04. The van der Waals surface area contributed by atoms with E-state index in [4.69, 9.17) is 0 Å². The maximum absolute atomic E-state index is 11.8. The summed E-state index contributed by atoms with van der Waals surface area (Å²) in [6.07, 6.45) is -4.70. The summed E-state index contributed by atoms with van der Waals surface area (Å²) < 4.78 is 35.4. The number of hydrogen-bond acceptors (Lipinski definition) is 2. The number of hydrogen-bond donors (Lipinski definition) is 0. The van der Waals surface area contributed by atoms with Crippen molar-refractivity contribution in [3.8, 4) is 0 Å². The van der Waals surface area contributed by atoms with Gasteiger partial charge in [0.25, 0.3) is 5.91 Å². The van der Waals surface area contributed by atoms with Crippen molar-refractivity contribution >= 4 is 5.91 Å².